The molecule has 0 aromatic rings. The van der Waals surface area contributed by atoms with Gasteiger partial charge in [-0.3, -0.25) is 4.79 Å². The van der Waals surface area contributed by atoms with Gasteiger partial charge in [-0.25, -0.2) is 12.7 Å². The first kappa shape index (κ1) is 14.4. The molecule has 0 unspecified atom stereocenters. The Morgan fingerprint density at radius 3 is 2.47 bits per heavy atom. The molecule has 1 rings (SSSR count). The van der Waals surface area contributed by atoms with Crippen LogP contribution in [0.25, 0.3) is 0 Å². The van der Waals surface area contributed by atoms with Gasteiger partial charge in [-0.1, -0.05) is 0 Å². The Labute approximate surface area is 102 Å². The van der Waals surface area contributed by atoms with Gasteiger partial charge in [0.05, 0.1) is 6.61 Å². The van der Waals surface area contributed by atoms with E-state index in [2.05, 4.69) is 4.74 Å². The molecule has 100 valence electrons. The number of rotatable bonds is 5. The first-order valence-electron chi connectivity index (χ1n) is 5.83. The van der Waals surface area contributed by atoms with Gasteiger partial charge in [-0.2, -0.15) is 0 Å². The number of carbonyl (C=O) groups is 1. The van der Waals surface area contributed by atoms with Crippen molar-refractivity contribution in [1.82, 2.24) is 4.31 Å². The number of esters is 1. The standard InChI is InChI=1S/C10H20N2O4S/c1-2-16-10(13)8-17(14,15)12-5-3-9(7-11)4-6-12/h9H,2-8,11H2,1H3. The van der Waals surface area contributed by atoms with E-state index < -0.39 is 21.7 Å². The minimum atomic E-state index is -3.52. The lowest BCUT2D eigenvalue weighted by Gasteiger charge is -2.30. The Balaban J connectivity index is 2.51. The molecule has 7 heteroatoms. The highest BCUT2D eigenvalue weighted by Crippen LogP contribution is 2.18. The fourth-order valence-corrected chi connectivity index (χ4v) is 3.20. The van der Waals surface area contributed by atoms with Crippen LogP contribution in [0.2, 0.25) is 0 Å². The van der Waals surface area contributed by atoms with E-state index in [0.717, 1.165) is 12.8 Å². The SMILES string of the molecule is CCOC(=O)CS(=O)(=O)N1CCC(CN)CC1. The zero-order valence-corrected chi connectivity index (χ0v) is 10.9. The number of ether oxygens (including phenoxy) is 1. The highest BCUT2D eigenvalue weighted by molar-refractivity contribution is 7.89. The van der Waals surface area contributed by atoms with Gasteiger partial charge in [0.2, 0.25) is 10.0 Å². The molecule has 0 bridgehead atoms. The minimum Gasteiger partial charge on any atom is -0.465 e. The van der Waals surface area contributed by atoms with Crippen molar-refractivity contribution in [1.29, 1.82) is 0 Å². The summed E-state index contributed by atoms with van der Waals surface area (Å²) in [4.78, 5) is 11.2. The normalized spacial score (nSPS) is 19.2. The van der Waals surface area contributed by atoms with Crippen molar-refractivity contribution in [2.24, 2.45) is 11.7 Å². The third kappa shape index (κ3) is 4.25. The molecule has 0 spiro atoms. The van der Waals surface area contributed by atoms with Crippen LogP contribution in [0.1, 0.15) is 19.8 Å². The minimum absolute atomic E-state index is 0.198. The summed E-state index contributed by atoms with van der Waals surface area (Å²) in [7, 11) is -3.52. The fourth-order valence-electron chi connectivity index (χ4n) is 1.87. The summed E-state index contributed by atoms with van der Waals surface area (Å²) in [5, 5.41) is 0. The smallest absolute Gasteiger partial charge is 0.322 e. The summed E-state index contributed by atoms with van der Waals surface area (Å²) in [5.41, 5.74) is 5.54. The summed E-state index contributed by atoms with van der Waals surface area (Å²) in [6, 6.07) is 0. The van der Waals surface area contributed by atoms with Gasteiger partial charge < -0.3 is 10.5 Å². The van der Waals surface area contributed by atoms with Crippen LogP contribution in [-0.2, 0) is 19.6 Å². The third-order valence-electron chi connectivity index (χ3n) is 2.91. The average molecular weight is 264 g/mol. The highest BCUT2D eigenvalue weighted by Gasteiger charge is 2.29. The predicted molar refractivity (Wildman–Crippen MR) is 63.8 cm³/mol. The van der Waals surface area contributed by atoms with Crippen molar-refractivity contribution in [2.75, 3.05) is 32.0 Å². The molecule has 0 aromatic carbocycles. The molecule has 0 amide bonds. The van der Waals surface area contributed by atoms with Crippen LogP contribution in [0.3, 0.4) is 0 Å². The van der Waals surface area contributed by atoms with Gasteiger partial charge in [0.15, 0.2) is 5.75 Å². The number of hydrogen-bond donors (Lipinski definition) is 1. The number of nitrogens with zero attached hydrogens (tertiary/aromatic N) is 1. The van der Waals surface area contributed by atoms with Crippen LogP contribution >= 0.6 is 0 Å². The lowest BCUT2D eigenvalue weighted by Crippen LogP contribution is -2.42. The maximum absolute atomic E-state index is 11.9. The second-order valence-corrected chi connectivity index (χ2v) is 6.11. The maximum atomic E-state index is 11.9. The quantitative estimate of drug-likeness (QED) is 0.679. The van der Waals surface area contributed by atoms with E-state index in [1.807, 2.05) is 0 Å². The molecule has 1 saturated heterocycles. The van der Waals surface area contributed by atoms with E-state index in [-0.39, 0.29) is 6.61 Å². The first-order chi connectivity index (χ1) is 7.99. The summed E-state index contributed by atoms with van der Waals surface area (Å²) < 4.78 is 29.7. The van der Waals surface area contributed by atoms with Crippen LogP contribution in [0.5, 0.6) is 0 Å². The van der Waals surface area contributed by atoms with E-state index in [4.69, 9.17) is 5.73 Å². The van der Waals surface area contributed by atoms with Crippen molar-refractivity contribution < 1.29 is 17.9 Å². The molecule has 1 aliphatic rings. The molecule has 0 atom stereocenters. The lowest BCUT2D eigenvalue weighted by atomic mass is 9.99. The van der Waals surface area contributed by atoms with Gasteiger partial charge in [-0.05, 0) is 32.2 Å². The Hall–Kier alpha value is -0.660. The van der Waals surface area contributed by atoms with Crippen LogP contribution in [0.4, 0.5) is 0 Å². The predicted octanol–water partition coefficient (Wildman–Crippen LogP) is -0.450. The summed E-state index contributed by atoms with van der Waals surface area (Å²) in [5.74, 6) is -0.855. The maximum Gasteiger partial charge on any atom is 0.322 e. The van der Waals surface area contributed by atoms with Crippen molar-refractivity contribution in [3.8, 4) is 0 Å². The largest absolute Gasteiger partial charge is 0.465 e. The Morgan fingerprint density at radius 1 is 1.41 bits per heavy atom. The zero-order chi connectivity index (χ0) is 12.9. The Bertz CT molecular complexity index is 347. The molecule has 6 nitrogen and oxygen atoms in total. The molecular formula is C10H20N2O4S. The molecule has 0 radical (unpaired) electrons. The van der Waals surface area contributed by atoms with E-state index in [1.165, 1.54) is 4.31 Å². The molecule has 2 N–H and O–H groups in total. The van der Waals surface area contributed by atoms with Crippen molar-refractivity contribution >= 4 is 16.0 Å². The molecular weight excluding hydrogens is 244 g/mol. The topological polar surface area (TPSA) is 89.7 Å². The van der Waals surface area contributed by atoms with Crippen molar-refractivity contribution in [3.63, 3.8) is 0 Å². The van der Waals surface area contributed by atoms with Crippen molar-refractivity contribution in [2.45, 2.75) is 19.8 Å². The van der Waals surface area contributed by atoms with Crippen LogP contribution < -0.4 is 5.73 Å². The average Bonchev–Trinajstić information content (AvgIpc) is 2.28. The van der Waals surface area contributed by atoms with Gasteiger partial charge in [0, 0.05) is 13.1 Å². The molecule has 0 aromatic heterocycles. The molecule has 1 aliphatic heterocycles. The summed E-state index contributed by atoms with van der Waals surface area (Å²) in [6.45, 7) is 3.33. The number of carbonyl (C=O) groups excluding carboxylic acids is 1. The molecule has 1 fully saturated rings. The highest BCUT2D eigenvalue weighted by atomic mass is 32.2. The third-order valence-corrected chi connectivity index (χ3v) is 4.66. The van der Waals surface area contributed by atoms with Gasteiger partial charge in [-0.15, -0.1) is 0 Å². The van der Waals surface area contributed by atoms with E-state index in [1.54, 1.807) is 6.92 Å². The van der Waals surface area contributed by atoms with E-state index in [9.17, 15) is 13.2 Å². The Kier molecular flexibility index (Phi) is 5.35. The van der Waals surface area contributed by atoms with Gasteiger partial charge >= 0.3 is 5.97 Å². The molecule has 1 heterocycles. The van der Waals surface area contributed by atoms with Crippen molar-refractivity contribution in [3.05, 3.63) is 0 Å². The second-order valence-electron chi connectivity index (χ2n) is 4.14. The van der Waals surface area contributed by atoms with E-state index in [0.29, 0.717) is 25.6 Å². The summed E-state index contributed by atoms with van der Waals surface area (Å²) >= 11 is 0. The number of hydrogen-bond acceptors (Lipinski definition) is 5. The lowest BCUT2D eigenvalue weighted by molar-refractivity contribution is -0.140. The van der Waals surface area contributed by atoms with Crippen LogP contribution in [0.15, 0.2) is 0 Å². The van der Waals surface area contributed by atoms with Gasteiger partial charge in [0.25, 0.3) is 0 Å². The summed E-state index contributed by atoms with van der Waals surface area (Å²) in [6.07, 6.45) is 1.52. The fraction of sp³-hybridized carbons (Fsp3) is 0.900. The molecule has 0 aliphatic carbocycles. The zero-order valence-electron chi connectivity index (χ0n) is 10.1. The van der Waals surface area contributed by atoms with Crippen LogP contribution in [-0.4, -0.2) is 50.7 Å². The monoisotopic (exact) mass is 264 g/mol. The van der Waals surface area contributed by atoms with Crippen LogP contribution in [0, 0.1) is 5.92 Å². The number of nitrogens with two attached hydrogens (primary N) is 1. The molecule has 17 heavy (non-hydrogen) atoms. The Morgan fingerprint density at radius 2 is 2.00 bits per heavy atom. The van der Waals surface area contributed by atoms with Gasteiger partial charge in [0.1, 0.15) is 0 Å². The second kappa shape index (κ2) is 6.32. The number of piperidine rings is 1. The first-order valence-corrected chi connectivity index (χ1v) is 7.44. The van der Waals surface area contributed by atoms with E-state index >= 15 is 0 Å². The molecule has 0 saturated carbocycles. The number of sulfonamides is 1.